The van der Waals surface area contributed by atoms with Crippen molar-refractivity contribution in [1.82, 2.24) is 15.2 Å². The molecule has 1 aromatic heterocycles. The van der Waals surface area contributed by atoms with Crippen LogP contribution in [0.2, 0.25) is 5.02 Å². The van der Waals surface area contributed by atoms with Gasteiger partial charge in [-0.2, -0.15) is 5.10 Å². The van der Waals surface area contributed by atoms with E-state index >= 15 is 0 Å². The molecule has 0 spiro atoms. The first-order valence-electron chi connectivity index (χ1n) is 4.67. The van der Waals surface area contributed by atoms with E-state index < -0.39 is 0 Å². The molecule has 0 aliphatic carbocycles. The molecule has 84 valence electrons. The van der Waals surface area contributed by atoms with Crippen molar-refractivity contribution in [2.24, 2.45) is 0 Å². The number of aromatic amines is 1. The highest BCUT2D eigenvalue weighted by molar-refractivity contribution is 7.98. The fourth-order valence-corrected chi connectivity index (χ4v) is 2.25. The van der Waals surface area contributed by atoms with Gasteiger partial charge in [0.05, 0.1) is 5.75 Å². The smallest absolute Gasteiger partial charge is 0.176 e. The summed E-state index contributed by atoms with van der Waals surface area (Å²) in [5, 5.41) is 16.1. The molecule has 2 aromatic rings. The molecule has 0 aliphatic heterocycles. The molecular formula is C10H10ClN3OS. The average molecular weight is 256 g/mol. The third-order valence-electron chi connectivity index (χ3n) is 1.89. The zero-order valence-corrected chi connectivity index (χ0v) is 9.92. The van der Waals surface area contributed by atoms with Crippen molar-refractivity contribution in [2.45, 2.75) is 17.3 Å². The van der Waals surface area contributed by atoms with Gasteiger partial charge in [-0.1, -0.05) is 17.7 Å². The molecule has 0 atom stereocenters. The maximum absolute atomic E-state index is 8.80. The highest BCUT2D eigenvalue weighted by Gasteiger charge is 2.02. The Hall–Kier alpha value is -1.04. The molecule has 0 saturated heterocycles. The lowest BCUT2D eigenvalue weighted by Crippen LogP contribution is -1.86. The summed E-state index contributed by atoms with van der Waals surface area (Å²) in [4.78, 5) is 5.17. The molecule has 2 rings (SSSR count). The predicted octanol–water partition coefficient (Wildman–Crippen LogP) is 2.24. The van der Waals surface area contributed by atoms with Crippen molar-refractivity contribution < 1.29 is 5.11 Å². The Labute approximate surface area is 102 Å². The second-order valence-electron chi connectivity index (χ2n) is 3.10. The van der Waals surface area contributed by atoms with Crippen molar-refractivity contribution in [3.8, 4) is 0 Å². The van der Waals surface area contributed by atoms with E-state index in [1.165, 1.54) is 0 Å². The molecule has 0 aliphatic rings. The van der Waals surface area contributed by atoms with E-state index in [0.29, 0.717) is 11.6 Å². The minimum Gasteiger partial charge on any atom is -0.388 e. The van der Waals surface area contributed by atoms with E-state index in [1.54, 1.807) is 11.8 Å². The second-order valence-corrected chi connectivity index (χ2v) is 4.59. The standard InChI is InChI=1S/C10H10ClN3OS/c11-7-2-1-3-8(4-7)16-6-10-12-9(5-15)13-14-10/h1-4,15H,5-6H2,(H,12,13,14). The van der Waals surface area contributed by atoms with E-state index in [1.807, 2.05) is 24.3 Å². The molecule has 1 aromatic carbocycles. The number of rotatable bonds is 4. The first-order valence-corrected chi connectivity index (χ1v) is 6.03. The zero-order valence-electron chi connectivity index (χ0n) is 8.35. The number of H-pyrrole nitrogens is 1. The Morgan fingerprint density at radius 3 is 3.00 bits per heavy atom. The maximum atomic E-state index is 8.80. The molecule has 2 N–H and O–H groups in total. The first kappa shape index (κ1) is 11.4. The molecule has 0 radical (unpaired) electrons. The first-order chi connectivity index (χ1) is 7.78. The van der Waals surface area contributed by atoms with Gasteiger partial charge in [-0.25, -0.2) is 4.98 Å². The van der Waals surface area contributed by atoms with Crippen LogP contribution < -0.4 is 0 Å². The van der Waals surface area contributed by atoms with Crippen LogP contribution in [0.5, 0.6) is 0 Å². The fourth-order valence-electron chi connectivity index (χ4n) is 1.18. The normalized spacial score (nSPS) is 10.6. The number of aliphatic hydroxyl groups excluding tert-OH is 1. The summed E-state index contributed by atoms with van der Waals surface area (Å²) in [5.74, 6) is 1.84. The van der Waals surface area contributed by atoms with E-state index in [2.05, 4.69) is 15.2 Å². The lowest BCUT2D eigenvalue weighted by atomic mass is 10.4. The number of hydrogen-bond donors (Lipinski definition) is 2. The molecule has 16 heavy (non-hydrogen) atoms. The fraction of sp³-hybridized carbons (Fsp3) is 0.200. The average Bonchev–Trinajstić information content (AvgIpc) is 2.74. The Balaban J connectivity index is 1.96. The predicted molar refractivity (Wildman–Crippen MR) is 63.3 cm³/mol. The van der Waals surface area contributed by atoms with Crippen LogP contribution >= 0.6 is 23.4 Å². The number of nitrogens with one attached hydrogen (secondary N) is 1. The summed E-state index contributed by atoms with van der Waals surface area (Å²) < 4.78 is 0. The molecule has 0 bridgehead atoms. The maximum Gasteiger partial charge on any atom is 0.176 e. The molecule has 0 saturated carbocycles. The molecular weight excluding hydrogens is 246 g/mol. The third-order valence-corrected chi connectivity index (χ3v) is 3.13. The van der Waals surface area contributed by atoms with Crippen molar-refractivity contribution in [3.05, 3.63) is 40.9 Å². The summed E-state index contributed by atoms with van der Waals surface area (Å²) in [6, 6.07) is 7.63. The van der Waals surface area contributed by atoms with Crippen molar-refractivity contribution in [3.63, 3.8) is 0 Å². The minimum absolute atomic E-state index is 0.141. The Morgan fingerprint density at radius 1 is 1.44 bits per heavy atom. The number of hydrogen-bond acceptors (Lipinski definition) is 4. The molecule has 0 fully saturated rings. The van der Waals surface area contributed by atoms with Gasteiger partial charge in [0.15, 0.2) is 5.82 Å². The lowest BCUT2D eigenvalue weighted by molar-refractivity contribution is 0.272. The van der Waals surface area contributed by atoms with Crippen LogP contribution in [0.25, 0.3) is 0 Å². The van der Waals surface area contributed by atoms with E-state index in [0.717, 1.165) is 15.7 Å². The van der Waals surface area contributed by atoms with Gasteiger partial charge < -0.3 is 5.11 Å². The quantitative estimate of drug-likeness (QED) is 0.823. The Morgan fingerprint density at radius 2 is 2.31 bits per heavy atom. The summed E-state index contributed by atoms with van der Waals surface area (Å²) in [6.45, 7) is -0.141. The van der Waals surface area contributed by atoms with Crippen molar-refractivity contribution >= 4 is 23.4 Å². The molecule has 4 nitrogen and oxygen atoms in total. The highest BCUT2D eigenvalue weighted by atomic mass is 35.5. The van der Waals surface area contributed by atoms with Gasteiger partial charge in [0.25, 0.3) is 0 Å². The van der Waals surface area contributed by atoms with Crippen LogP contribution in [-0.4, -0.2) is 20.3 Å². The van der Waals surface area contributed by atoms with Crippen LogP contribution in [0.1, 0.15) is 11.6 Å². The van der Waals surface area contributed by atoms with E-state index in [9.17, 15) is 0 Å². The molecule has 0 amide bonds. The van der Waals surface area contributed by atoms with E-state index in [4.69, 9.17) is 16.7 Å². The van der Waals surface area contributed by atoms with Crippen LogP contribution in [0.15, 0.2) is 29.2 Å². The zero-order chi connectivity index (χ0) is 11.4. The number of halogens is 1. The van der Waals surface area contributed by atoms with Crippen LogP contribution in [0.4, 0.5) is 0 Å². The molecule has 0 unspecified atom stereocenters. The summed E-state index contributed by atoms with van der Waals surface area (Å²) >= 11 is 7.48. The Bertz CT molecular complexity index is 475. The number of thioether (sulfide) groups is 1. The van der Waals surface area contributed by atoms with Gasteiger partial charge in [-0.3, -0.25) is 5.10 Å². The van der Waals surface area contributed by atoms with Crippen LogP contribution in [0.3, 0.4) is 0 Å². The largest absolute Gasteiger partial charge is 0.388 e. The number of aliphatic hydroxyl groups is 1. The summed E-state index contributed by atoms with van der Waals surface area (Å²) in [7, 11) is 0. The van der Waals surface area contributed by atoms with Crippen molar-refractivity contribution in [1.29, 1.82) is 0 Å². The number of nitrogens with zero attached hydrogens (tertiary/aromatic N) is 2. The number of aromatic nitrogens is 3. The minimum atomic E-state index is -0.141. The molecule has 1 heterocycles. The van der Waals surface area contributed by atoms with Gasteiger partial charge in [0, 0.05) is 9.92 Å². The van der Waals surface area contributed by atoms with Crippen LogP contribution in [0, 0.1) is 0 Å². The lowest BCUT2D eigenvalue weighted by Gasteiger charge is -1.99. The summed E-state index contributed by atoms with van der Waals surface area (Å²) in [5.41, 5.74) is 0. The van der Waals surface area contributed by atoms with Crippen molar-refractivity contribution in [2.75, 3.05) is 0 Å². The Kier molecular flexibility index (Phi) is 3.82. The monoisotopic (exact) mass is 255 g/mol. The number of benzene rings is 1. The van der Waals surface area contributed by atoms with Gasteiger partial charge in [-0.05, 0) is 18.2 Å². The van der Waals surface area contributed by atoms with Crippen LogP contribution in [-0.2, 0) is 12.4 Å². The SMILES string of the molecule is OCc1n[nH]c(CSc2cccc(Cl)c2)n1. The summed E-state index contributed by atoms with van der Waals surface area (Å²) in [6.07, 6.45) is 0. The third kappa shape index (κ3) is 2.98. The highest BCUT2D eigenvalue weighted by Crippen LogP contribution is 2.23. The van der Waals surface area contributed by atoms with Gasteiger partial charge in [0.2, 0.25) is 0 Å². The second kappa shape index (κ2) is 5.34. The van der Waals surface area contributed by atoms with E-state index in [-0.39, 0.29) is 6.61 Å². The molecule has 6 heteroatoms. The van der Waals surface area contributed by atoms with Gasteiger partial charge in [0.1, 0.15) is 12.4 Å². The van der Waals surface area contributed by atoms with Gasteiger partial charge >= 0.3 is 0 Å². The topological polar surface area (TPSA) is 61.8 Å². The van der Waals surface area contributed by atoms with Gasteiger partial charge in [-0.15, -0.1) is 11.8 Å².